The summed E-state index contributed by atoms with van der Waals surface area (Å²) in [6.07, 6.45) is -4.52. The van der Waals surface area contributed by atoms with Crippen molar-refractivity contribution in [2.75, 3.05) is 6.54 Å². The predicted octanol–water partition coefficient (Wildman–Crippen LogP) is 3.81. The molecule has 7 nitrogen and oxygen atoms in total. The highest BCUT2D eigenvalue weighted by Crippen LogP contribution is 2.29. The third kappa shape index (κ3) is 5.56. The van der Waals surface area contributed by atoms with Gasteiger partial charge in [0.2, 0.25) is 5.69 Å². The number of amides is 1. The van der Waals surface area contributed by atoms with Gasteiger partial charge in [0.15, 0.2) is 0 Å². The summed E-state index contributed by atoms with van der Waals surface area (Å²) in [5, 5.41) is 6.93. The molecular weight excluding hydrogens is 473 g/mol. The van der Waals surface area contributed by atoms with Crippen molar-refractivity contribution >= 4 is 17.5 Å². The summed E-state index contributed by atoms with van der Waals surface area (Å²) < 4.78 is 40.3. The van der Waals surface area contributed by atoms with Gasteiger partial charge in [-0.05, 0) is 48.2 Å². The Labute approximate surface area is 197 Å². The Bertz CT molecular complexity index is 1330. The molecule has 2 aromatic carbocycles. The van der Waals surface area contributed by atoms with Crippen LogP contribution in [0.2, 0.25) is 5.02 Å². The molecule has 0 fully saturated rings. The smallest absolute Gasteiger partial charge is 0.350 e. The van der Waals surface area contributed by atoms with Crippen molar-refractivity contribution in [1.82, 2.24) is 19.7 Å². The van der Waals surface area contributed by atoms with Gasteiger partial charge < -0.3 is 5.32 Å². The van der Waals surface area contributed by atoms with Gasteiger partial charge in [-0.2, -0.15) is 23.0 Å². The molecule has 1 amide bonds. The third-order valence-corrected chi connectivity index (χ3v) is 5.37. The zero-order valence-corrected chi connectivity index (χ0v) is 19.4. The molecule has 0 atom stereocenters. The van der Waals surface area contributed by atoms with Gasteiger partial charge in [0.05, 0.1) is 17.8 Å². The normalized spacial score (nSPS) is 11.6. The zero-order valence-electron chi connectivity index (χ0n) is 18.6. The topological polar surface area (TPSA) is 86.0 Å². The van der Waals surface area contributed by atoms with Gasteiger partial charge in [0.1, 0.15) is 0 Å². The summed E-state index contributed by atoms with van der Waals surface area (Å²) in [6.45, 7) is 5.41. The fourth-order valence-electron chi connectivity index (χ4n) is 3.04. The van der Waals surface area contributed by atoms with Crippen LogP contribution in [-0.2, 0) is 12.7 Å². The molecule has 0 bridgehead atoms. The molecule has 0 aliphatic rings. The van der Waals surface area contributed by atoms with E-state index in [9.17, 15) is 27.6 Å². The Kier molecular flexibility index (Phi) is 7.30. The summed E-state index contributed by atoms with van der Waals surface area (Å²) in [6, 6.07) is 8.72. The molecule has 0 saturated heterocycles. The summed E-state index contributed by atoms with van der Waals surface area (Å²) in [5.74, 6) is -0.674. The number of carbonyl (C=O) groups excluding carboxylic acids is 1. The number of rotatable bonds is 6. The number of aromatic nitrogens is 3. The lowest BCUT2D eigenvalue weighted by molar-refractivity contribution is -0.137. The van der Waals surface area contributed by atoms with E-state index < -0.39 is 34.6 Å². The van der Waals surface area contributed by atoms with Crippen LogP contribution in [-0.4, -0.2) is 26.8 Å². The first-order valence-electron chi connectivity index (χ1n) is 10.3. The molecule has 3 aromatic rings. The summed E-state index contributed by atoms with van der Waals surface area (Å²) in [5.41, 5.74) is -1.99. The first-order chi connectivity index (χ1) is 15.9. The quantitative estimate of drug-likeness (QED) is 0.564. The SMILES string of the molecule is Cc1ccc(-n2nc(C(=O)NCC(C)C)c(=O)n(Cc3ccc(C(F)(F)F)cc3)c2=O)cc1Cl. The van der Waals surface area contributed by atoms with Gasteiger partial charge in [0, 0.05) is 11.6 Å². The molecule has 1 heterocycles. The first kappa shape index (κ1) is 25.2. The second kappa shape index (κ2) is 9.84. The van der Waals surface area contributed by atoms with Crippen LogP contribution in [0, 0.1) is 12.8 Å². The van der Waals surface area contributed by atoms with Crippen LogP contribution in [0.25, 0.3) is 5.69 Å². The molecule has 11 heteroatoms. The predicted molar refractivity (Wildman–Crippen MR) is 122 cm³/mol. The number of alkyl halides is 3. The fraction of sp³-hybridized carbons (Fsp3) is 0.304. The molecule has 0 radical (unpaired) electrons. The molecule has 180 valence electrons. The van der Waals surface area contributed by atoms with E-state index in [0.29, 0.717) is 5.02 Å². The Morgan fingerprint density at radius 3 is 2.32 bits per heavy atom. The molecule has 1 N–H and O–H groups in total. The summed E-state index contributed by atoms with van der Waals surface area (Å²) >= 11 is 6.17. The number of nitrogens with zero attached hydrogens (tertiary/aromatic N) is 3. The van der Waals surface area contributed by atoms with E-state index in [-0.39, 0.29) is 30.3 Å². The van der Waals surface area contributed by atoms with Gasteiger partial charge in [-0.3, -0.25) is 14.2 Å². The summed E-state index contributed by atoms with van der Waals surface area (Å²) in [4.78, 5) is 38.9. The number of carbonyl (C=O) groups is 1. The molecule has 1 aromatic heterocycles. The molecule has 0 spiro atoms. The second-order valence-corrected chi connectivity index (χ2v) is 8.57. The van der Waals surface area contributed by atoms with E-state index in [1.807, 2.05) is 13.8 Å². The maximum atomic E-state index is 13.2. The van der Waals surface area contributed by atoms with E-state index in [4.69, 9.17) is 11.6 Å². The van der Waals surface area contributed by atoms with Gasteiger partial charge in [-0.15, -0.1) is 0 Å². The molecule has 3 rings (SSSR count). The third-order valence-electron chi connectivity index (χ3n) is 4.97. The molecular formula is C23H22ClF3N4O3. The zero-order chi connectivity index (χ0) is 25.2. The van der Waals surface area contributed by atoms with Crippen LogP contribution < -0.4 is 16.6 Å². The number of aryl methyl sites for hydroxylation is 1. The number of halogens is 4. The van der Waals surface area contributed by atoms with Crippen LogP contribution in [0.1, 0.15) is 41.0 Å². The lowest BCUT2D eigenvalue weighted by atomic mass is 10.1. The summed E-state index contributed by atoms with van der Waals surface area (Å²) in [7, 11) is 0. The van der Waals surface area contributed by atoms with Crippen molar-refractivity contribution in [3.8, 4) is 5.69 Å². The molecule has 0 aliphatic heterocycles. The van der Waals surface area contributed by atoms with Crippen molar-refractivity contribution < 1.29 is 18.0 Å². The van der Waals surface area contributed by atoms with Gasteiger partial charge >= 0.3 is 11.9 Å². The van der Waals surface area contributed by atoms with Crippen molar-refractivity contribution in [2.45, 2.75) is 33.5 Å². The van der Waals surface area contributed by atoms with Crippen LogP contribution in [0.5, 0.6) is 0 Å². The monoisotopic (exact) mass is 494 g/mol. The number of hydrogen-bond donors (Lipinski definition) is 1. The molecule has 0 unspecified atom stereocenters. The minimum Gasteiger partial charge on any atom is -0.350 e. The maximum Gasteiger partial charge on any atom is 0.416 e. The lowest BCUT2D eigenvalue weighted by Gasteiger charge is -2.14. The Hall–Kier alpha value is -3.40. The Balaban J connectivity index is 2.14. The van der Waals surface area contributed by atoms with E-state index >= 15 is 0 Å². The maximum absolute atomic E-state index is 13.2. The van der Waals surface area contributed by atoms with Crippen molar-refractivity contribution in [1.29, 1.82) is 0 Å². The van der Waals surface area contributed by atoms with Crippen molar-refractivity contribution in [3.63, 3.8) is 0 Å². The van der Waals surface area contributed by atoms with Gasteiger partial charge in [-0.25, -0.2) is 4.79 Å². The van der Waals surface area contributed by atoms with Crippen LogP contribution in [0.4, 0.5) is 13.2 Å². The molecule has 0 saturated carbocycles. The second-order valence-electron chi connectivity index (χ2n) is 8.17. The van der Waals surface area contributed by atoms with Crippen LogP contribution in [0.3, 0.4) is 0 Å². The standard InChI is InChI=1S/C23H22ClF3N4O3/c1-13(2)11-28-20(32)19-21(33)30(12-15-5-7-16(8-6-15)23(25,26)27)22(34)31(29-19)17-9-4-14(3)18(24)10-17/h4-10,13H,11-12H2,1-3H3,(H,28,32). The Morgan fingerprint density at radius 1 is 1.12 bits per heavy atom. The average Bonchev–Trinajstić information content (AvgIpc) is 2.77. The highest BCUT2D eigenvalue weighted by Gasteiger charge is 2.30. The minimum atomic E-state index is -4.52. The number of hydrogen-bond acceptors (Lipinski definition) is 4. The average molecular weight is 495 g/mol. The Morgan fingerprint density at radius 2 is 1.76 bits per heavy atom. The van der Waals surface area contributed by atoms with E-state index in [0.717, 1.165) is 26.9 Å². The number of benzene rings is 2. The van der Waals surface area contributed by atoms with Gasteiger partial charge in [-0.1, -0.05) is 43.6 Å². The first-order valence-corrected chi connectivity index (χ1v) is 10.7. The molecule has 0 aliphatic carbocycles. The van der Waals surface area contributed by atoms with E-state index in [1.54, 1.807) is 19.1 Å². The van der Waals surface area contributed by atoms with Crippen molar-refractivity contribution in [3.05, 3.63) is 90.7 Å². The number of nitrogens with one attached hydrogen (secondary N) is 1. The highest BCUT2D eigenvalue weighted by molar-refractivity contribution is 6.31. The van der Waals surface area contributed by atoms with E-state index in [1.165, 1.54) is 18.2 Å². The fourth-order valence-corrected chi connectivity index (χ4v) is 3.22. The van der Waals surface area contributed by atoms with Gasteiger partial charge in [0.25, 0.3) is 11.5 Å². The van der Waals surface area contributed by atoms with Crippen molar-refractivity contribution in [2.24, 2.45) is 5.92 Å². The minimum absolute atomic E-state index is 0.0973. The lowest BCUT2D eigenvalue weighted by Crippen LogP contribution is -2.46. The van der Waals surface area contributed by atoms with Crippen LogP contribution in [0.15, 0.2) is 52.1 Å². The highest BCUT2D eigenvalue weighted by atomic mass is 35.5. The van der Waals surface area contributed by atoms with Crippen LogP contribution >= 0.6 is 11.6 Å². The molecule has 34 heavy (non-hydrogen) atoms. The largest absolute Gasteiger partial charge is 0.416 e. The van der Waals surface area contributed by atoms with E-state index in [2.05, 4.69) is 10.4 Å².